The first-order chi connectivity index (χ1) is 7.20. The Hall–Kier alpha value is -0.0800. The summed E-state index contributed by atoms with van der Waals surface area (Å²) in [5, 5.41) is 0. The quantitative estimate of drug-likeness (QED) is 0.630. The second-order valence-corrected chi connectivity index (χ2v) is 6.76. The Kier molecular flexibility index (Phi) is 4.42. The summed E-state index contributed by atoms with van der Waals surface area (Å²) in [5.41, 5.74) is 0.332. The van der Waals surface area contributed by atoms with Gasteiger partial charge in [0, 0.05) is 13.2 Å². The summed E-state index contributed by atoms with van der Waals surface area (Å²) in [7, 11) is 0. The molecule has 0 unspecified atom stereocenters. The van der Waals surface area contributed by atoms with Gasteiger partial charge < -0.3 is 9.47 Å². The van der Waals surface area contributed by atoms with E-state index in [-0.39, 0.29) is 11.2 Å². The van der Waals surface area contributed by atoms with E-state index >= 15 is 0 Å². The van der Waals surface area contributed by atoms with Crippen molar-refractivity contribution in [3.8, 4) is 0 Å². The van der Waals surface area contributed by atoms with Crippen molar-refractivity contribution in [2.45, 2.75) is 65.6 Å². The lowest BCUT2D eigenvalue weighted by Crippen LogP contribution is -2.16. The molecule has 2 heterocycles. The van der Waals surface area contributed by atoms with E-state index < -0.39 is 0 Å². The number of ether oxygens (including phenoxy) is 2. The average molecular weight is 228 g/mol. The minimum absolute atomic E-state index is 0.166. The lowest BCUT2D eigenvalue weighted by atomic mass is 10.00. The molecule has 0 saturated carbocycles. The highest BCUT2D eigenvalue weighted by Gasteiger charge is 2.29. The molecule has 0 aromatic rings. The molecule has 2 aliphatic rings. The van der Waals surface area contributed by atoms with Crippen molar-refractivity contribution in [3.63, 3.8) is 0 Å². The number of hydrogen-bond donors (Lipinski definition) is 0. The molecule has 0 aromatic heterocycles. The monoisotopic (exact) mass is 228 g/mol. The van der Waals surface area contributed by atoms with Gasteiger partial charge in [0.05, 0.1) is 11.2 Å². The van der Waals surface area contributed by atoms with Crippen molar-refractivity contribution in [1.82, 2.24) is 0 Å². The zero-order valence-electron chi connectivity index (χ0n) is 11.8. The third kappa shape index (κ3) is 4.84. The van der Waals surface area contributed by atoms with Crippen LogP contribution in [0.1, 0.15) is 54.4 Å². The fourth-order valence-electron chi connectivity index (χ4n) is 2.65. The van der Waals surface area contributed by atoms with Gasteiger partial charge in [-0.05, 0) is 52.4 Å². The summed E-state index contributed by atoms with van der Waals surface area (Å²) in [6, 6.07) is 0. The van der Waals surface area contributed by atoms with E-state index in [4.69, 9.17) is 9.47 Å². The molecule has 0 amide bonds. The van der Waals surface area contributed by atoms with Crippen LogP contribution in [-0.2, 0) is 9.47 Å². The largest absolute Gasteiger partial charge is 0.375 e. The molecule has 2 heteroatoms. The van der Waals surface area contributed by atoms with Crippen molar-refractivity contribution in [2.24, 2.45) is 11.8 Å². The predicted molar refractivity (Wildman–Crippen MR) is 67.6 cm³/mol. The van der Waals surface area contributed by atoms with E-state index in [0.29, 0.717) is 0 Å². The molecule has 2 atom stereocenters. The first kappa shape index (κ1) is 14.0. The molecule has 0 N–H and O–H groups in total. The topological polar surface area (TPSA) is 18.5 Å². The molecule has 16 heavy (non-hydrogen) atoms. The molecule has 0 spiro atoms. The van der Waals surface area contributed by atoms with Gasteiger partial charge in [-0.3, -0.25) is 0 Å². The molecule has 0 aliphatic carbocycles. The fraction of sp³-hybridized carbons (Fsp3) is 1.00. The summed E-state index contributed by atoms with van der Waals surface area (Å²) in [6.07, 6.45) is 2.43. The summed E-state index contributed by atoms with van der Waals surface area (Å²) in [5.74, 6) is 1.54. The minimum Gasteiger partial charge on any atom is -0.375 e. The second kappa shape index (κ2) is 5.05. The van der Waals surface area contributed by atoms with Crippen LogP contribution < -0.4 is 0 Å². The molecule has 2 saturated heterocycles. The zero-order valence-corrected chi connectivity index (χ0v) is 11.8. The Balaban J connectivity index is 0.000000160. The molecule has 2 rings (SSSR count). The van der Waals surface area contributed by atoms with Crippen molar-refractivity contribution >= 4 is 0 Å². The Morgan fingerprint density at radius 1 is 0.750 bits per heavy atom. The van der Waals surface area contributed by atoms with Crippen LogP contribution in [0.25, 0.3) is 0 Å². The molecule has 0 aromatic carbocycles. The molecule has 96 valence electrons. The summed E-state index contributed by atoms with van der Waals surface area (Å²) >= 11 is 0. The maximum absolute atomic E-state index is 5.45. The lowest BCUT2D eigenvalue weighted by Gasteiger charge is -2.14. The first-order valence-corrected chi connectivity index (χ1v) is 6.48. The van der Waals surface area contributed by atoms with E-state index in [1.54, 1.807) is 0 Å². The minimum atomic E-state index is 0.166. The van der Waals surface area contributed by atoms with Crippen molar-refractivity contribution in [2.75, 3.05) is 13.2 Å². The van der Waals surface area contributed by atoms with Gasteiger partial charge in [0.15, 0.2) is 0 Å². The van der Waals surface area contributed by atoms with Gasteiger partial charge in [-0.15, -0.1) is 0 Å². The fourth-order valence-corrected chi connectivity index (χ4v) is 2.65. The Labute approximate surface area is 101 Å². The Morgan fingerprint density at radius 3 is 1.12 bits per heavy atom. The molecular formula is C14H28O2. The zero-order chi connectivity index (χ0) is 12.4. The standard InChI is InChI=1S/2C7H14O/c2*1-6-4-7(2,3)8-5-6/h2*6H,4-5H2,1-3H3/t2*6-/m10/s1. The summed E-state index contributed by atoms with van der Waals surface area (Å²) in [4.78, 5) is 0. The van der Waals surface area contributed by atoms with Crippen molar-refractivity contribution < 1.29 is 9.47 Å². The van der Waals surface area contributed by atoms with Crippen LogP contribution in [-0.4, -0.2) is 24.4 Å². The average Bonchev–Trinajstić information content (AvgIpc) is 2.56. The second-order valence-electron chi connectivity index (χ2n) is 6.76. The van der Waals surface area contributed by atoms with Gasteiger partial charge in [0.1, 0.15) is 0 Å². The van der Waals surface area contributed by atoms with Crippen LogP contribution in [0.3, 0.4) is 0 Å². The molecule has 2 aliphatic heterocycles. The van der Waals surface area contributed by atoms with E-state index in [1.165, 1.54) is 12.8 Å². The van der Waals surface area contributed by atoms with Crippen LogP contribution in [0.4, 0.5) is 0 Å². The number of hydrogen-bond acceptors (Lipinski definition) is 2. The van der Waals surface area contributed by atoms with Gasteiger partial charge >= 0.3 is 0 Å². The van der Waals surface area contributed by atoms with Crippen LogP contribution >= 0.6 is 0 Å². The first-order valence-electron chi connectivity index (χ1n) is 6.48. The van der Waals surface area contributed by atoms with Crippen LogP contribution in [0.5, 0.6) is 0 Å². The van der Waals surface area contributed by atoms with E-state index in [0.717, 1.165) is 25.0 Å². The molecule has 0 radical (unpaired) electrons. The maximum atomic E-state index is 5.45. The highest BCUT2D eigenvalue weighted by molar-refractivity contribution is 4.78. The van der Waals surface area contributed by atoms with E-state index in [9.17, 15) is 0 Å². The van der Waals surface area contributed by atoms with Crippen LogP contribution in [0.15, 0.2) is 0 Å². The third-order valence-electron chi connectivity index (χ3n) is 3.20. The number of rotatable bonds is 0. The van der Waals surface area contributed by atoms with E-state index in [2.05, 4.69) is 41.5 Å². The Bertz CT molecular complexity index is 197. The summed E-state index contributed by atoms with van der Waals surface area (Å²) in [6.45, 7) is 15.0. The summed E-state index contributed by atoms with van der Waals surface area (Å²) < 4.78 is 10.9. The highest BCUT2D eigenvalue weighted by atomic mass is 16.5. The van der Waals surface area contributed by atoms with Gasteiger partial charge in [-0.2, -0.15) is 0 Å². The molecule has 2 fully saturated rings. The van der Waals surface area contributed by atoms with Gasteiger partial charge in [-0.1, -0.05) is 13.8 Å². The van der Waals surface area contributed by atoms with Crippen molar-refractivity contribution in [1.29, 1.82) is 0 Å². The lowest BCUT2D eigenvalue weighted by molar-refractivity contribution is 0.0350. The normalized spacial score (nSPS) is 35.6. The SMILES string of the molecule is C[C@@H]1COC(C)(C)C1.C[C@H]1COC(C)(C)C1. The van der Waals surface area contributed by atoms with Crippen LogP contribution in [0, 0.1) is 11.8 Å². The predicted octanol–water partition coefficient (Wildman–Crippen LogP) is 3.64. The van der Waals surface area contributed by atoms with Crippen molar-refractivity contribution in [3.05, 3.63) is 0 Å². The molecule has 2 nitrogen and oxygen atoms in total. The van der Waals surface area contributed by atoms with Gasteiger partial charge in [-0.25, -0.2) is 0 Å². The van der Waals surface area contributed by atoms with Gasteiger partial charge in [0.2, 0.25) is 0 Å². The van der Waals surface area contributed by atoms with Crippen LogP contribution in [0.2, 0.25) is 0 Å². The van der Waals surface area contributed by atoms with E-state index in [1.807, 2.05) is 0 Å². The third-order valence-corrected chi connectivity index (χ3v) is 3.20. The smallest absolute Gasteiger partial charge is 0.0630 e. The molecular weight excluding hydrogens is 200 g/mol. The molecule has 0 bridgehead atoms. The Morgan fingerprint density at radius 2 is 1.06 bits per heavy atom. The maximum Gasteiger partial charge on any atom is 0.0630 e. The van der Waals surface area contributed by atoms with Gasteiger partial charge in [0.25, 0.3) is 0 Å². The highest BCUT2D eigenvalue weighted by Crippen LogP contribution is 2.28.